The van der Waals surface area contributed by atoms with Crippen LogP contribution in [0.15, 0.2) is 0 Å². The molecule has 1 fully saturated rings. The number of nitrogens with one attached hydrogen (secondary N) is 1. The Morgan fingerprint density at radius 1 is 1.40 bits per heavy atom. The molecular formula is C13H24N2. The first-order valence-electron chi connectivity index (χ1n) is 6.23. The molecular weight excluding hydrogens is 184 g/mol. The zero-order valence-corrected chi connectivity index (χ0v) is 9.97. The predicted molar refractivity (Wildman–Crippen MR) is 65.8 cm³/mol. The van der Waals surface area contributed by atoms with Crippen LogP contribution in [0, 0.1) is 18.3 Å². The molecule has 0 amide bonds. The maximum Gasteiger partial charge on any atom is 0.0598 e. The third-order valence-electron chi connectivity index (χ3n) is 3.31. The lowest BCUT2D eigenvalue weighted by molar-refractivity contribution is 0.284. The topological polar surface area (TPSA) is 15.3 Å². The summed E-state index contributed by atoms with van der Waals surface area (Å²) in [5.41, 5.74) is 0. The Bertz CT molecular complexity index is 189. The van der Waals surface area contributed by atoms with Crippen molar-refractivity contribution >= 4 is 0 Å². The van der Waals surface area contributed by atoms with E-state index >= 15 is 0 Å². The Balaban J connectivity index is 2.06. The second kappa shape index (κ2) is 7.73. The van der Waals surface area contributed by atoms with Crippen LogP contribution in [-0.4, -0.2) is 37.6 Å². The summed E-state index contributed by atoms with van der Waals surface area (Å²) in [6.07, 6.45) is 10.7. The first-order valence-corrected chi connectivity index (χ1v) is 6.23. The fraction of sp³-hybridized carbons (Fsp3) is 0.846. The molecule has 0 saturated carbocycles. The van der Waals surface area contributed by atoms with E-state index < -0.39 is 0 Å². The maximum atomic E-state index is 5.32. The molecule has 2 nitrogen and oxygen atoms in total. The molecule has 0 atom stereocenters. The highest BCUT2D eigenvalue weighted by atomic mass is 15.1. The summed E-state index contributed by atoms with van der Waals surface area (Å²) in [6, 6.07) is 0. The minimum absolute atomic E-state index is 0.808. The summed E-state index contributed by atoms with van der Waals surface area (Å²) in [5.74, 6) is 3.68. The summed E-state index contributed by atoms with van der Waals surface area (Å²) in [4.78, 5) is 2.35. The van der Waals surface area contributed by atoms with E-state index in [0.717, 1.165) is 19.0 Å². The number of hydrogen-bond acceptors (Lipinski definition) is 2. The van der Waals surface area contributed by atoms with Gasteiger partial charge in [-0.3, -0.25) is 4.90 Å². The molecule has 0 spiro atoms. The van der Waals surface area contributed by atoms with Crippen molar-refractivity contribution in [2.24, 2.45) is 5.92 Å². The van der Waals surface area contributed by atoms with Crippen LogP contribution in [-0.2, 0) is 0 Å². The molecule has 0 aromatic rings. The average Bonchev–Trinajstić information content (AvgIpc) is 2.29. The molecule has 0 bridgehead atoms. The van der Waals surface area contributed by atoms with E-state index in [1.807, 2.05) is 0 Å². The summed E-state index contributed by atoms with van der Waals surface area (Å²) in [5, 5.41) is 3.41. The van der Waals surface area contributed by atoms with Crippen LogP contribution in [0.3, 0.4) is 0 Å². The molecule has 0 unspecified atom stereocenters. The van der Waals surface area contributed by atoms with E-state index in [1.54, 1.807) is 0 Å². The molecule has 1 saturated heterocycles. The van der Waals surface area contributed by atoms with Crippen molar-refractivity contribution in [1.29, 1.82) is 0 Å². The minimum Gasteiger partial charge on any atom is -0.317 e. The third kappa shape index (κ3) is 5.20. The summed E-state index contributed by atoms with van der Waals surface area (Å²) in [7, 11) is 0. The molecule has 1 N–H and O–H groups in total. The van der Waals surface area contributed by atoms with Gasteiger partial charge in [-0.25, -0.2) is 0 Å². The average molecular weight is 208 g/mol. The predicted octanol–water partition coefficient (Wildman–Crippen LogP) is 1.72. The lowest BCUT2D eigenvalue weighted by atomic mass is 9.93. The number of piperidine rings is 1. The van der Waals surface area contributed by atoms with Gasteiger partial charge in [0.05, 0.1) is 6.54 Å². The smallest absolute Gasteiger partial charge is 0.0598 e. The standard InChI is InChI=1S/C13H24N2/c1-3-11-15(4-2)12-5-6-13-7-9-14-10-8-13/h1,13-14H,4-12H2,2H3. The van der Waals surface area contributed by atoms with Crippen molar-refractivity contribution in [3.63, 3.8) is 0 Å². The summed E-state index contributed by atoms with van der Waals surface area (Å²) >= 11 is 0. The normalized spacial score (nSPS) is 17.9. The van der Waals surface area contributed by atoms with E-state index in [2.05, 4.69) is 23.1 Å². The Morgan fingerprint density at radius 2 is 2.13 bits per heavy atom. The first kappa shape index (κ1) is 12.5. The van der Waals surface area contributed by atoms with E-state index in [1.165, 1.54) is 45.3 Å². The van der Waals surface area contributed by atoms with Gasteiger partial charge in [0.25, 0.3) is 0 Å². The van der Waals surface area contributed by atoms with Crippen molar-refractivity contribution in [3.05, 3.63) is 0 Å². The number of hydrogen-bond donors (Lipinski definition) is 1. The van der Waals surface area contributed by atoms with Crippen molar-refractivity contribution in [2.75, 3.05) is 32.7 Å². The van der Waals surface area contributed by atoms with Crippen molar-refractivity contribution in [1.82, 2.24) is 10.2 Å². The summed E-state index contributed by atoms with van der Waals surface area (Å²) in [6.45, 7) is 7.67. The number of rotatable bonds is 6. The molecule has 15 heavy (non-hydrogen) atoms. The zero-order valence-electron chi connectivity index (χ0n) is 9.97. The highest BCUT2D eigenvalue weighted by molar-refractivity contribution is 4.87. The quantitative estimate of drug-likeness (QED) is 0.669. The van der Waals surface area contributed by atoms with Gasteiger partial charge in [0.2, 0.25) is 0 Å². The van der Waals surface area contributed by atoms with Crippen LogP contribution in [0.1, 0.15) is 32.6 Å². The molecule has 0 aliphatic carbocycles. The van der Waals surface area contributed by atoms with Gasteiger partial charge in [-0.2, -0.15) is 0 Å². The van der Waals surface area contributed by atoms with Crippen molar-refractivity contribution in [2.45, 2.75) is 32.6 Å². The van der Waals surface area contributed by atoms with Gasteiger partial charge >= 0.3 is 0 Å². The van der Waals surface area contributed by atoms with Crippen molar-refractivity contribution in [3.8, 4) is 12.3 Å². The minimum atomic E-state index is 0.808. The molecule has 0 radical (unpaired) electrons. The van der Waals surface area contributed by atoms with Gasteiger partial charge in [0.1, 0.15) is 0 Å². The second-order valence-electron chi connectivity index (χ2n) is 4.41. The van der Waals surface area contributed by atoms with E-state index in [0.29, 0.717) is 0 Å². The Kier molecular flexibility index (Phi) is 6.47. The number of terminal acetylenes is 1. The van der Waals surface area contributed by atoms with Crippen LogP contribution in [0.25, 0.3) is 0 Å². The van der Waals surface area contributed by atoms with Crippen molar-refractivity contribution < 1.29 is 0 Å². The van der Waals surface area contributed by atoms with E-state index in [4.69, 9.17) is 6.42 Å². The maximum absolute atomic E-state index is 5.32. The van der Waals surface area contributed by atoms with Crippen LogP contribution in [0.4, 0.5) is 0 Å². The third-order valence-corrected chi connectivity index (χ3v) is 3.31. The Labute approximate surface area is 94.4 Å². The molecule has 1 heterocycles. The van der Waals surface area contributed by atoms with Gasteiger partial charge in [0, 0.05) is 0 Å². The molecule has 0 aromatic heterocycles. The van der Waals surface area contributed by atoms with Gasteiger partial charge in [0.15, 0.2) is 0 Å². The monoisotopic (exact) mass is 208 g/mol. The molecule has 86 valence electrons. The van der Waals surface area contributed by atoms with Crippen LogP contribution in [0.5, 0.6) is 0 Å². The second-order valence-corrected chi connectivity index (χ2v) is 4.41. The molecule has 1 aliphatic rings. The van der Waals surface area contributed by atoms with Gasteiger partial charge in [-0.05, 0) is 57.8 Å². The fourth-order valence-corrected chi connectivity index (χ4v) is 2.25. The van der Waals surface area contributed by atoms with Crippen LogP contribution >= 0.6 is 0 Å². The molecule has 1 aliphatic heterocycles. The first-order chi connectivity index (χ1) is 7.36. The van der Waals surface area contributed by atoms with E-state index in [9.17, 15) is 0 Å². The molecule has 0 aromatic carbocycles. The Hall–Kier alpha value is -0.520. The van der Waals surface area contributed by atoms with Gasteiger partial charge in [-0.1, -0.05) is 12.8 Å². The van der Waals surface area contributed by atoms with Crippen LogP contribution < -0.4 is 5.32 Å². The largest absolute Gasteiger partial charge is 0.317 e. The lowest BCUT2D eigenvalue weighted by Crippen LogP contribution is -2.29. The number of nitrogens with zero attached hydrogens (tertiary/aromatic N) is 1. The SMILES string of the molecule is C#CCN(CC)CCCC1CCNCC1. The van der Waals surface area contributed by atoms with E-state index in [-0.39, 0.29) is 0 Å². The highest BCUT2D eigenvalue weighted by Gasteiger charge is 2.12. The molecule has 1 rings (SSSR count). The molecule has 2 heteroatoms. The lowest BCUT2D eigenvalue weighted by Gasteiger charge is -2.24. The zero-order chi connectivity index (χ0) is 10.9. The van der Waals surface area contributed by atoms with Crippen LogP contribution in [0.2, 0.25) is 0 Å². The van der Waals surface area contributed by atoms with Gasteiger partial charge in [-0.15, -0.1) is 6.42 Å². The fourth-order valence-electron chi connectivity index (χ4n) is 2.25. The summed E-state index contributed by atoms with van der Waals surface area (Å²) < 4.78 is 0. The van der Waals surface area contributed by atoms with Gasteiger partial charge < -0.3 is 5.32 Å². The highest BCUT2D eigenvalue weighted by Crippen LogP contribution is 2.17. The Morgan fingerprint density at radius 3 is 2.73 bits per heavy atom.